The van der Waals surface area contributed by atoms with Gasteiger partial charge in [0.2, 0.25) is 5.95 Å². The van der Waals surface area contributed by atoms with Gasteiger partial charge in [-0.1, -0.05) is 24.3 Å². The van der Waals surface area contributed by atoms with E-state index in [-0.39, 0.29) is 29.8 Å². The monoisotopic (exact) mass is 518 g/mol. The Hall–Kier alpha value is -3.63. The first-order valence-corrected chi connectivity index (χ1v) is 13.2. The van der Waals surface area contributed by atoms with Crippen LogP contribution in [0.5, 0.6) is 0 Å². The zero-order valence-electron chi connectivity index (χ0n) is 21.6. The van der Waals surface area contributed by atoms with Gasteiger partial charge in [-0.3, -0.25) is 10.4 Å². The molecule has 4 aromatic rings. The summed E-state index contributed by atoms with van der Waals surface area (Å²) in [6.45, 7) is 6.67. The third kappa shape index (κ3) is 5.06. The molecule has 1 saturated carbocycles. The topological polar surface area (TPSA) is 74.1 Å². The molecule has 2 atom stereocenters. The SMILES string of the molecule is C[C@@H]1CN(c2ncc3ncn(NNCC4CC4)c3n2)[C@@H](C)CN1C(c1ccc(F)cc1)c1ccc(F)cc1. The van der Waals surface area contributed by atoms with E-state index in [9.17, 15) is 8.78 Å². The van der Waals surface area contributed by atoms with Crippen LogP contribution < -0.4 is 15.9 Å². The van der Waals surface area contributed by atoms with Crippen molar-refractivity contribution in [3.8, 4) is 0 Å². The molecule has 1 aliphatic heterocycles. The number of aromatic nitrogens is 4. The first-order chi connectivity index (χ1) is 18.5. The van der Waals surface area contributed by atoms with E-state index in [1.165, 1.54) is 37.1 Å². The molecule has 2 fully saturated rings. The molecule has 10 heteroatoms. The first-order valence-electron chi connectivity index (χ1n) is 13.2. The summed E-state index contributed by atoms with van der Waals surface area (Å²) in [7, 11) is 0. The fourth-order valence-electron chi connectivity index (χ4n) is 5.28. The largest absolute Gasteiger partial charge is 0.335 e. The molecule has 2 aliphatic rings. The molecule has 198 valence electrons. The van der Waals surface area contributed by atoms with Gasteiger partial charge in [-0.2, -0.15) is 4.98 Å². The summed E-state index contributed by atoms with van der Waals surface area (Å²) in [4.78, 5) is 18.6. The molecular formula is C28H32F2N8. The Bertz CT molecular complexity index is 1340. The Morgan fingerprint density at radius 2 is 1.55 bits per heavy atom. The number of benzene rings is 2. The van der Waals surface area contributed by atoms with Crippen molar-refractivity contribution in [2.45, 2.75) is 44.8 Å². The van der Waals surface area contributed by atoms with E-state index in [2.05, 4.69) is 44.6 Å². The van der Waals surface area contributed by atoms with E-state index in [0.29, 0.717) is 12.5 Å². The summed E-state index contributed by atoms with van der Waals surface area (Å²) in [5.74, 6) is 0.848. The van der Waals surface area contributed by atoms with E-state index >= 15 is 0 Å². The fraction of sp³-hybridized carbons (Fsp3) is 0.393. The van der Waals surface area contributed by atoms with Crippen molar-refractivity contribution in [3.05, 3.63) is 83.8 Å². The minimum atomic E-state index is -0.276. The Morgan fingerprint density at radius 1 is 0.895 bits per heavy atom. The number of fused-ring (bicyclic) bond motifs is 1. The van der Waals surface area contributed by atoms with E-state index in [0.717, 1.165) is 41.3 Å². The summed E-state index contributed by atoms with van der Waals surface area (Å²) in [5, 5.41) is 0. The molecule has 2 aromatic heterocycles. The second-order valence-corrected chi connectivity index (χ2v) is 10.5. The van der Waals surface area contributed by atoms with Crippen molar-refractivity contribution in [2.75, 3.05) is 30.1 Å². The van der Waals surface area contributed by atoms with E-state index in [1.54, 1.807) is 17.2 Å². The first kappa shape index (κ1) is 24.7. The van der Waals surface area contributed by atoms with Gasteiger partial charge >= 0.3 is 0 Å². The normalized spacial score (nSPS) is 20.4. The number of hydrogen-bond donors (Lipinski definition) is 2. The zero-order chi connectivity index (χ0) is 26.2. The average Bonchev–Trinajstić information content (AvgIpc) is 3.66. The van der Waals surface area contributed by atoms with Crippen molar-refractivity contribution in [2.24, 2.45) is 5.92 Å². The molecular weight excluding hydrogens is 486 g/mol. The van der Waals surface area contributed by atoms with Crippen LogP contribution in [-0.2, 0) is 0 Å². The van der Waals surface area contributed by atoms with Crippen LogP contribution in [-0.4, -0.2) is 56.2 Å². The number of rotatable bonds is 8. The van der Waals surface area contributed by atoms with Gasteiger partial charge in [-0.25, -0.2) is 28.9 Å². The second-order valence-electron chi connectivity index (χ2n) is 10.5. The van der Waals surface area contributed by atoms with Gasteiger partial charge in [-0.15, -0.1) is 0 Å². The fourth-order valence-corrected chi connectivity index (χ4v) is 5.28. The maximum Gasteiger partial charge on any atom is 0.227 e. The van der Waals surface area contributed by atoms with Gasteiger partial charge in [0, 0.05) is 31.7 Å². The predicted octanol–water partition coefficient (Wildman–Crippen LogP) is 4.25. The summed E-state index contributed by atoms with van der Waals surface area (Å²) in [6, 6.07) is 13.3. The molecule has 0 radical (unpaired) electrons. The molecule has 0 bridgehead atoms. The Balaban J connectivity index is 1.25. The minimum absolute atomic E-state index is 0.101. The van der Waals surface area contributed by atoms with Crippen LogP contribution in [0.1, 0.15) is 43.9 Å². The molecule has 1 saturated heterocycles. The van der Waals surface area contributed by atoms with Crippen LogP contribution in [0.25, 0.3) is 11.2 Å². The number of nitrogens with one attached hydrogen (secondary N) is 2. The highest BCUT2D eigenvalue weighted by Gasteiger charge is 2.36. The highest BCUT2D eigenvalue weighted by atomic mass is 19.1. The molecule has 2 N–H and O–H groups in total. The molecule has 2 aromatic carbocycles. The summed E-state index contributed by atoms with van der Waals surface area (Å²) < 4.78 is 29.3. The molecule has 0 spiro atoms. The molecule has 38 heavy (non-hydrogen) atoms. The lowest BCUT2D eigenvalue weighted by Crippen LogP contribution is -2.57. The smallest absolute Gasteiger partial charge is 0.227 e. The lowest BCUT2D eigenvalue weighted by atomic mass is 9.93. The maximum atomic E-state index is 13.7. The highest BCUT2D eigenvalue weighted by Crippen LogP contribution is 2.34. The van der Waals surface area contributed by atoms with E-state index < -0.39 is 0 Å². The van der Waals surface area contributed by atoms with Crippen LogP contribution >= 0.6 is 0 Å². The third-order valence-corrected chi connectivity index (χ3v) is 7.56. The van der Waals surface area contributed by atoms with Crippen molar-refractivity contribution < 1.29 is 8.78 Å². The molecule has 6 rings (SSSR count). The average molecular weight is 519 g/mol. The maximum absolute atomic E-state index is 13.7. The number of anilines is 1. The summed E-state index contributed by atoms with van der Waals surface area (Å²) in [5.41, 5.74) is 9.83. The van der Waals surface area contributed by atoms with Crippen LogP contribution in [0.3, 0.4) is 0 Å². The summed E-state index contributed by atoms with van der Waals surface area (Å²) >= 11 is 0. The Morgan fingerprint density at radius 3 is 2.18 bits per heavy atom. The van der Waals surface area contributed by atoms with Gasteiger partial charge in [0.05, 0.1) is 12.2 Å². The van der Waals surface area contributed by atoms with E-state index in [4.69, 9.17) is 4.98 Å². The molecule has 8 nitrogen and oxygen atoms in total. The van der Waals surface area contributed by atoms with Crippen molar-refractivity contribution in [3.63, 3.8) is 0 Å². The third-order valence-electron chi connectivity index (χ3n) is 7.56. The quantitative estimate of drug-likeness (QED) is 0.338. The van der Waals surface area contributed by atoms with E-state index in [1.807, 2.05) is 24.3 Å². The molecule has 1 aliphatic carbocycles. The van der Waals surface area contributed by atoms with Crippen LogP contribution in [0.2, 0.25) is 0 Å². The number of nitrogens with zero attached hydrogens (tertiary/aromatic N) is 6. The van der Waals surface area contributed by atoms with Crippen molar-refractivity contribution in [1.29, 1.82) is 0 Å². The van der Waals surface area contributed by atoms with Gasteiger partial charge in [0.1, 0.15) is 23.5 Å². The summed E-state index contributed by atoms with van der Waals surface area (Å²) in [6.07, 6.45) is 6.02. The van der Waals surface area contributed by atoms with Crippen molar-refractivity contribution >= 4 is 17.1 Å². The molecule has 0 unspecified atom stereocenters. The Labute approximate surface area is 220 Å². The molecule has 3 heterocycles. The Kier molecular flexibility index (Phi) is 6.67. The minimum Gasteiger partial charge on any atom is -0.335 e. The number of halogens is 2. The van der Waals surface area contributed by atoms with Crippen molar-refractivity contribution in [1.82, 2.24) is 30.0 Å². The standard InChI is InChI=1S/C28H32F2N8/c1-18-16-37(28-31-14-25-27(34-28)38(17-32-25)35-33-13-20-3-4-20)19(2)15-36(18)26(21-5-9-23(29)10-6-21)22-7-11-24(30)12-8-22/h5-12,14,17-20,26,33,35H,3-4,13,15-16H2,1-2H3/t18-,19+/m1/s1. The highest BCUT2D eigenvalue weighted by molar-refractivity contribution is 5.71. The predicted molar refractivity (Wildman–Crippen MR) is 143 cm³/mol. The number of hydrazine groups is 1. The van der Waals surface area contributed by atoms with Gasteiger partial charge in [-0.05, 0) is 68.0 Å². The number of piperazine rings is 1. The zero-order valence-corrected chi connectivity index (χ0v) is 21.6. The lowest BCUT2D eigenvalue weighted by molar-refractivity contribution is 0.129. The number of hydrogen-bond acceptors (Lipinski definition) is 7. The van der Waals surface area contributed by atoms with Gasteiger partial charge in [0.25, 0.3) is 0 Å². The second kappa shape index (κ2) is 10.3. The lowest BCUT2D eigenvalue weighted by Gasteiger charge is -2.47. The van der Waals surface area contributed by atoms with Crippen LogP contribution in [0.15, 0.2) is 61.1 Å². The van der Waals surface area contributed by atoms with Crippen LogP contribution in [0, 0.1) is 17.6 Å². The van der Waals surface area contributed by atoms with Gasteiger partial charge < -0.3 is 4.90 Å². The number of imidazole rings is 1. The molecule has 0 amide bonds. The van der Waals surface area contributed by atoms with Gasteiger partial charge in [0.15, 0.2) is 5.65 Å². The van der Waals surface area contributed by atoms with Crippen LogP contribution in [0.4, 0.5) is 14.7 Å².